The van der Waals surface area contributed by atoms with Gasteiger partial charge in [0, 0.05) is 24.5 Å². The molecule has 0 aliphatic rings. The van der Waals surface area contributed by atoms with Crippen LogP contribution in [0.1, 0.15) is 21.7 Å². The molecule has 0 spiro atoms. The van der Waals surface area contributed by atoms with E-state index in [9.17, 15) is 4.79 Å². The summed E-state index contributed by atoms with van der Waals surface area (Å²) in [5.74, 6) is 5.74. The van der Waals surface area contributed by atoms with Crippen molar-refractivity contribution in [1.29, 1.82) is 0 Å². The van der Waals surface area contributed by atoms with Gasteiger partial charge in [0.25, 0.3) is 5.91 Å². The lowest BCUT2D eigenvalue weighted by Crippen LogP contribution is -2.29. The third-order valence-corrected chi connectivity index (χ3v) is 2.62. The molecule has 0 radical (unpaired) electrons. The third-order valence-electron chi connectivity index (χ3n) is 2.62. The second-order valence-electron chi connectivity index (χ2n) is 3.77. The van der Waals surface area contributed by atoms with Crippen LogP contribution in [0.25, 0.3) is 0 Å². The summed E-state index contributed by atoms with van der Waals surface area (Å²) in [6.07, 6.45) is 3.70. The first-order valence-corrected chi connectivity index (χ1v) is 5.28. The summed E-state index contributed by atoms with van der Waals surface area (Å²) < 4.78 is 2.04. The molecule has 0 aliphatic heterocycles. The maximum atomic E-state index is 11.2. The molecule has 1 aromatic carbocycles. The molecule has 3 N–H and O–H groups in total. The summed E-state index contributed by atoms with van der Waals surface area (Å²) in [5, 5.41) is 0. The number of nitrogens with two attached hydrogens (primary N) is 1. The normalized spacial score (nSPS) is 10.2. The number of nitrogens with zero attached hydrogens (tertiary/aromatic N) is 2. The summed E-state index contributed by atoms with van der Waals surface area (Å²) in [6.45, 7) is 2.70. The Kier molecular flexibility index (Phi) is 3.20. The van der Waals surface area contributed by atoms with Crippen LogP contribution in [0.15, 0.2) is 36.7 Å². The first-order valence-electron chi connectivity index (χ1n) is 5.28. The minimum atomic E-state index is -0.282. The average Bonchev–Trinajstić information content (AvgIpc) is 2.75. The van der Waals surface area contributed by atoms with Crippen LogP contribution in [-0.2, 0) is 6.54 Å². The van der Waals surface area contributed by atoms with Crippen LogP contribution in [0, 0.1) is 6.92 Å². The van der Waals surface area contributed by atoms with E-state index in [1.807, 2.05) is 29.8 Å². The lowest BCUT2D eigenvalue weighted by Gasteiger charge is -2.06. The molecule has 5 nitrogen and oxygen atoms in total. The topological polar surface area (TPSA) is 72.9 Å². The van der Waals surface area contributed by atoms with E-state index >= 15 is 0 Å². The molecule has 0 atom stereocenters. The van der Waals surface area contributed by atoms with Crippen LogP contribution in [0.4, 0.5) is 0 Å². The smallest absolute Gasteiger partial charge is 0.265 e. The number of carbonyl (C=O) groups is 1. The Labute approximate surface area is 99.2 Å². The quantitative estimate of drug-likeness (QED) is 0.466. The molecular formula is C12H14N4O. The molecule has 0 fully saturated rings. The number of hydrogen-bond donors (Lipinski definition) is 2. The maximum absolute atomic E-state index is 11.2. The summed E-state index contributed by atoms with van der Waals surface area (Å²) in [4.78, 5) is 15.4. The number of rotatable bonds is 3. The van der Waals surface area contributed by atoms with Gasteiger partial charge in [0.2, 0.25) is 0 Å². The molecule has 0 bridgehead atoms. The highest BCUT2D eigenvalue weighted by molar-refractivity contribution is 5.93. The van der Waals surface area contributed by atoms with Crippen molar-refractivity contribution < 1.29 is 4.79 Å². The van der Waals surface area contributed by atoms with Crippen LogP contribution in [-0.4, -0.2) is 15.5 Å². The Balaban J connectivity index is 2.14. The van der Waals surface area contributed by atoms with Crippen molar-refractivity contribution in [3.8, 4) is 0 Å². The second-order valence-corrected chi connectivity index (χ2v) is 3.77. The monoisotopic (exact) mass is 230 g/mol. The van der Waals surface area contributed by atoms with Gasteiger partial charge >= 0.3 is 0 Å². The Morgan fingerprint density at radius 2 is 2.12 bits per heavy atom. The van der Waals surface area contributed by atoms with Gasteiger partial charge in [-0.3, -0.25) is 10.2 Å². The number of carbonyl (C=O) groups excluding carboxylic acids is 1. The summed E-state index contributed by atoms with van der Waals surface area (Å²) >= 11 is 0. The molecule has 0 aliphatic carbocycles. The lowest BCUT2D eigenvalue weighted by atomic mass is 10.1. The predicted molar refractivity (Wildman–Crippen MR) is 64.2 cm³/mol. The molecule has 1 aromatic heterocycles. The predicted octanol–water partition coefficient (Wildman–Crippen LogP) is 0.843. The van der Waals surface area contributed by atoms with Crippen LogP contribution < -0.4 is 11.3 Å². The van der Waals surface area contributed by atoms with Crippen LogP contribution in [0.5, 0.6) is 0 Å². The van der Waals surface area contributed by atoms with Crippen molar-refractivity contribution in [3.63, 3.8) is 0 Å². The number of imidazole rings is 1. The van der Waals surface area contributed by atoms with E-state index in [0.717, 1.165) is 17.9 Å². The number of nitrogen functional groups attached to an aromatic ring is 1. The highest BCUT2D eigenvalue weighted by Gasteiger charge is 2.03. The Bertz CT molecular complexity index is 516. The van der Waals surface area contributed by atoms with Gasteiger partial charge in [-0.2, -0.15) is 0 Å². The van der Waals surface area contributed by atoms with Gasteiger partial charge in [-0.25, -0.2) is 10.8 Å². The summed E-state index contributed by atoms with van der Waals surface area (Å²) in [5.41, 5.74) is 3.77. The molecule has 2 aromatic rings. The van der Waals surface area contributed by atoms with E-state index in [1.165, 1.54) is 0 Å². The van der Waals surface area contributed by atoms with E-state index in [-0.39, 0.29) is 5.91 Å². The molecule has 1 heterocycles. The Morgan fingerprint density at radius 3 is 2.65 bits per heavy atom. The highest BCUT2D eigenvalue weighted by atomic mass is 16.2. The van der Waals surface area contributed by atoms with Crippen LogP contribution in [0.3, 0.4) is 0 Å². The fourth-order valence-electron chi connectivity index (χ4n) is 1.61. The van der Waals surface area contributed by atoms with Crippen LogP contribution >= 0.6 is 0 Å². The van der Waals surface area contributed by atoms with Crippen molar-refractivity contribution >= 4 is 5.91 Å². The SMILES string of the molecule is Cc1nccn1Cc1ccc(C(=O)NN)cc1. The largest absolute Gasteiger partial charge is 0.331 e. The number of aryl methyl sites for hydroxylation is 1. The number of nitrogens with one attached hydrogen (secondary N) is 1. The summed E-state index contributed by atoms with van der Waals surface area (Å²) in [7, 11) is 0. The molecule has 5 heteroatoms. The van der Waals surface area contributed by atoms with E-state index in [0.29, 0.717) is 5.56 Å². The number of amides is 1. The maximum Gasteiger partial charge on any atom is 0.265 e. The molecular weight excluding hydrogens is 216 g/mol. The van der Waals surface area contributed by atoms with E-state index < -0.39 is 0 Å². The van der Waals surface area contributed by atoms with E-state index in [4.69, 9.17) is 5.84 Å². The minimum absolute atomic E-state index is 0.282. The zero-order valence-corrected chi connectivity index (χ0v) is 9.55. The van der Waals surface area contributed by atoms with E-state index in [2.05, 4.69) is 10.4 Å². The first kappa shape index (κ1) is 11.3. The number of aromatic nitrogens is 2. The number of hydrazine groups is 1. The Morgan fingerprint density at radius 1 is 1.41 bits per heavy atom. The zero-order chi connectivity index (χ0) is 12.3. The van der Waals surface area contributed by atoms with Gasteiger partial charge in [-0.15, -0.1) is 0 Å². The second kappa shape index (κ2) is 4.80. The van der Waals surface area contributed by atoms with Crippen molar-refractivity contribution in [3.05, 3.63) is 53.6 Å². The molecule has 17 heavy (non-hydrogen) atoms. The molecule has 88 valence electrons. The van der Waals surface area contributed by atoms with Gasteiger partial charge in [-0.1, -0.05) is 12.1 Å². The van der Waals surface area contributed by atoms with Crippen molar-refractivity contribution in [1.82, 2.24) is 15.0 Å². The van der Waals surface area contributed by atoms with Crippen molar-refractivity contribution in [2.24, 2.45) is 5.84 Å². The molecule has 0 saturated carbocycles. The minimum Gasteiger partial charge on any atom is -0.331 e. The van der Waals surface area contributed by atoms with E-state index in [1.54, 1.807) is 18.3 Å². The average molecular weight is 230 g/mol. The summed E-state index contributed by atoms with van der Waals surface area (Å²) in [6, 6.07) is 7.32. The zero-order valence-electron chi connectivity index (χ0n) is 9.55. The van der Waals surface area contributed by atoms with Crippen molar-refractivity contribution in [2.45, 2.75) is 13.5 Å². The number of benzene rings is 1. The standard InChI is InChI=1S/C12H14N4O/c1-9-14-6-7-16(9)8-10-2-4-11(5-3-10)12(17)15-13/h2-7H,8,13H2,1H3,(H,15,17). The Hall–Kier alpha value is -2.14. The van der Waals surface area contributed by atoms with Gasteiger partial charge in [0.15, 0.2) is 0 Å². The molecule has 0 unspecified atom stereocenters. The van der Waals surface area contributed by atoms with Gasteiger partial charge in [-0.05, 0) is 24.6 Å². The van der Waals surface area contributed by atoms with Gasteiger partial charge in [0.05, 0.1) is 0 Å². The third kappa shape index (κ3) is 2.51. The fraction of sp³-hybridized carbons (Fsp3) is 0.167. The van der Waals surface area contributed by atoms with Crippen LogP contribution in [0.2, 0.25) is 0 Å². The lowest BCUT2D eigenvalue weighted by molar-refractivity contribution is 0.0953. The van der Waals surface area contributed by atoms with Gasteiger partial charge < -0.3 is 4.57 Å². The highest BCUT2D eigenvalue weighted by Crippen LogP contribution is 2.07. The molecule has 1 amide bonds. The van der Waals surface area contributed by atoms with Gasteiger partial charge in [0.1, 0.15) is 5.82 Å². The fourth-order valence-corrected chi connectivity index (χ4v) is 1.61. The van der Waals surface area contributed by atoms with Crippen molar-refractivity contribution in [2.75, 3.05) is 0 Å². The molecule has 0 saturated heterocycles. The molecule has 2 rings (SSSR count). The first-order chi connectivity index (χ1) is 8.20. The number of hydrogen-bond acceptors (Lipinski definition) is 3.